The molecule has 1 aromatic carbocycles. The summed E-state index contributed by atoms with van der Waals surface area (Å²) in [4.78, 5) is 16.1. The molecule has 1 aliphatic rings. The highest BCUT2D eigenvalue weighted by atomic mass is 16.5. The number of nitrogens with zero attached hydrogens (tertiary/aromatic N) is 6. The SMILES string of the molecule is COc1cc(-c2cnn(C)c2)ccc1-c1nc(N)nc2c(NC3CCN(C)CC3)nccc12. The lowest BCUT2D eigenvalue weighted by Gasteiger charge is -2.30. The van der Waals surface area contributed by atoms with Crippen LogP contribution in [0.25, 0.3) is 33.3 Å². The standard InChI is InChI=1S/C24H28N8O/c1-31-10-7-17(8-11-31)28-23-22-19(6-9-26-23)21(29-24(25)30-22)18-5-4-15(12-20(18)33-3)16-13-27-32(2)14-16/h4-6,9,12-14,17H,7-8,10-11H2,1-3H3,(H,26,28)(H2,25,29,30). The third kappa shape index (κ3) is 4.19. The Hall–Kier alpha value is -3.72. The fourth-order valence-electron chi connectivity index (χ4n) is 4.37. The maximum atomic E-state index is 6.16. The number of hydrogen-bond acceptors (Lipinski definition) is 8. The summed E-state index contributed by atoms with van der Waals surface area (Å²) in [5, 5.41) is 8.73. The lowest BCUT2D eigenvalue weighted by molar-refractivity contribution is 0.263. The summed E-state index contributed by atoms with van der Waals surface area (Å²) in [7, 11) is 5.71. The van der Waals surface area contributed by atoms with Crippen LogP contribution in [0.3, 0.4) is 0 Å². The maximum absolute atomic E-state index is 6.16. The normalized spacial score (nSPS) is 15.1. The van der Waals surface area contributed by atoms with E-state index in [4.69, 9.17) is 10.5 Å². The predicted molar refractivity (Wildman–Crippen MR) is 130 cm³/mol. The van der Waals surface area contributed by atoms with Crippen LogP contribution in [0.1, 0.15) is 12.8 Å². The van der Waals surface area contributed by atoms with Gasteiger partial charge in [-0.15, -0.1) is 0 Å². The molecule has 33 heavy (non-hydrogen) atoms. The Kier molecular flexibility index (Phi) is 5.55. The molecule has 5 rings (SSSR count). The molecule has 0 spiro atoms. The summed E-state index contributed by atoms with van der Waals surface area (Å²) in [5.41, 5.74) is 10.5. The Morgan fingerprint density at radius 1 is 1.09 bits per heavy atom. The van der Waals surface area contributed by atoms with Gasteiger partial charge in [-0.2, -0.15) is 5.10 Å². The van der Waals surface area contributed by atoms with Gasteiger partial charge in [-0.1, -0.05) is 6.07 Å². The lowest BCUT2D eigenvalue weighted by atomic mass is 10.0. The van der Waals surface area contributed by atoms with Crippen molar-refractivity contribution >= 4 is 22.7 Å². The van der Waals surface area contributed by atoms with Crippen LogP contribution in [-0.2, 0) is 7.05 Å². The minimum absolute atomic E-state index is 0.204. The molecule has 4 heterocycles. The van der Waals surface area contributed by atoms with Crippen LogP contribution in [0.2, 0.25) is 0 Å². The van der Waals surface area contributed by atoms with E-state index in [0.29, 0.717) is 11.8 Å². The summed E-state index contributed by atoms with van der Waals surface area (Å²) < 4.78 is 7.53. The zero-order chi connectivity index (χ0) is 22.9. The molecule has 1 saturated heterocycles. The molecule has 9 heteroatoms. The molecule has 1 aliphatic heterocycles. The van der Waals surface area contributed by atoms with Crippen LogP contribution in [0.5, 0.6) is 5.75 Å². The lowest BCUT2D eigenvalue weighted by Crippen LogP contribution is -2.36. The fraction of sp³-hybridized carbons (Fsp3) is 0.333. The molecular weight excluding hydrogens is 416 g/mol. The van der Waals surface area contributed by atoms with E-state index in [1.807, 2.05) is 43.7 Å². The van der Waals surface area contributed by atoms with E-state index in [1.54, 1.807) is 18.0 Å². The van der Waals surface area contributed by atoms with Gasteiger partial charge in [0, 0.05) is 42.0 Å². The highest BCUT2D eigenvalue weighted by Crippen LogP contribution is 2.37. The number of likely N-dealkylation sites (tertiary alicyclic amines) is 1. The number of aryl methyl sites for hydroxylation is 1. The van der Waals surface area contributed by atoms with Crippen molar-refractivity contribution < 1.29 is 4.74 Å². The summed E-state index contributed by atoms with van der Waals surface area (Å²) in [6.07, 6.45) is 7.72. The summed E-state index contributed by atoms with van der Waals surface area (Å²) in [6.45, 7) is 2.12. The Balaban J connectivity index is 1.57. The molecule has 3 N–H and O–H groups in total. The first-order chi connectivity index (χ1) is 16.0. The number of pyridine rings is 1. The van der Waals surface area contributed by atoms with Crippen LogP contribution in [-0.4, -0.2) is 62.9 Å². The van der Waals surface area contributed by atoms with Gasteiger partial charge in [0.1, 0.15) is 11.3 Å². The highest BCUT2D eigenvalue weighted by Gasteiger charge is 2.20. The number of benzene rings is 1. The molecule has 170 valence electrons. The number of nitrogen functional groups attached to an aromatic ring is 1. The number of nitrogens with one attached hydrogen (secondary N) is 1. The molecule has 0 atom stereocenters. The average Bonchev–Trinajstić information content (AvgIpc) is 3.26. The van der Waals surface area contributed by atoms with Gasteiger partial charge in [-0.25, -0.2) is 15.0 Å². The summed E-state index contributed by atoms with van der Waals surface area (Å²) in [6, 6.07) is 8.32. The van der Waals surface area contributed by atoms with E-state index in [1.165, 1.54) is 0 Å². The monoisotopic (exact) mass is 444 g/mol. The molecule has 0 amide bonds. The van der Waals surface area contributed by atoms with Gasteiger partial charge >= 0.3 is 0 Å². The second kappa shape index (κ2) is 8.67. The smallest absolute Gasteiger partial charge is 0.221 e. The minimum atomic E-state index is 0.204. The first-order valence-corrected chi connectivity index (χ1v) is 11.1. The quantitative estimate of drug-likeness (QED) is 0.483. The zero-order valence-corrected chi connectivity index (χ0v) is 19.1. The second-order valence-corrected chi connectivity index (χ2v) is 8.53. The van der Waals surface area contributed by atoms with Crippen molar-refractivity contribution in [3.63, 3.8) is 0 Å². The Bertz CT molecular complexity index is 1290. The van der Waals surface area contributed by atoms with E-state index in [-0.39, 0.29) is 5.95 Å². The van der Waals surface area contributed by atoms with Gasteiger partial charge in [-0.3, -0.25) is 4.68 Å². The molecular formula is C24H28N8O. The van der Waals surface area contributed by atoms with Crippen molar-refractivity contribution in [1.29, 1.82) is 0 Å². The van der Waals surface area contributed by atoms with Crippen molar-refractivity contribution in [2.75, 3.05) is 38.3 Å². The molecule has 0 bridgehead atoms. The number of aromatic nitrogens is 5. The van der Waals surface area contributed by atoms with E-state index in [0.717, 1.165) is 65.0 Å². The molecule has 9 nitrogen and oxygen atoms in total. The Labute approximate surface area is 192 Å². The van der Waals surface area contributed by atoms with Gasteiger partial charge in [-0.05, 0) is 56.7 Å². The van der Waals surface area contributed by atoms with Gasteiger partial charge < -0.3 is 20.7 Å². The fourth-order valence-corrected chi connectivity index (χ4v) is 4.37. The van der Waals surface area contributed by atoms with Crippen molar-refractivity contribution in [2.24, 2.45) is 7.05 Å². The molecule has 0 saturated carbocycles. The number of fused-ring (bicyclic) bond motifs is 1. The number of rotatable bonds is 5. The van der Waals surface area contributed by atoms with Crippen LogP contribution in [0.4, 0.5) is 11.8 Å². The third-order valence-corrected chi connectivity index (χ3v) is 6.19. The second-order valence-electron chi connectivity index (χ2n) is 8.53. The van der Waals surface area contributed by atoms with Crippen LogP contribution >= 0.6 is 0 Å². The highest BCUT2D eigenvalue weighted by molar-refractivity contribution is 5.99. The molecule has 0 radical (unpaired) electrons. The number of anilines is 2. The minimum Gasteiger partial charge on any atom is -0.496 e. The molecule has 4 aromatic rings. The third-order valence-electron chi connectivity index (χ3n) is 6.19. The number of piperidine rings is 1. The zero-order valence-electron chi connectivity index (χ0n) is 19.1. The number of methoxy groups -OCH3 is 1. The van der Waals surface area contributed by atoms with E-state index < -0.39 is 0 Å². The van der Waals surface area contributed by atoms with Crippen molar-refractivity contribution in [3.05, 3.63) is 42.9 Å². The van der Waals surface area contributed by atoms with E-state index >= 15 is 0 Å². The van der Waals surface area contributed by atoms with Crippen molar-refractivity contribution in [1.82, 2.24) is 29.6 Å². The maximum Gasteiger partial charge on any atom is 0.221 e. The molecule has 3 aromatic heterocycles. The van der Waals surface area contributed by atoms with Crippen LogP contribution < -0.4 is 15.8 Å². The first-order valence-electron chi connectivity index (χ1n) is 11.1. The number of ether oxygens (including phenoxy) is 1. The van der Waals surface area contributed by atoms with Crippen LogP contribution in [0.15, 0.2) is 42.9 Å². The molecule has 0 unspecified atom stereocenters. The number of hydrogen-bond donors (Lipinski definition) is 2. The Morgan fingerprint density at radius 3 is 2.64 bits per heavy atom. The topological polar surface area (TPSA) is 107 Å². The van der Waals surface area contributed by atoms with Gasteiger partial charge in [0.2, 0.25) is 5.95 Å². The molecule has 0 aliphatic carbocycles. The molecule has 1 fully saturated rings. The largest absolute Gasteiger partial charge is 0.496 e. The average molecular weight is 445 g/mol. The van der Waals surface area contributed by atoms with Crippen LogP contribution in [0, 0.1) is 0 Å². The van der Waals surface area contributed by atoms with E-state index in [9.17, 15) is 0 Å². The van der Waals surface area contributed by atoms with Crippen molar-refractivity contribution in [3.8, 4) is 28.1 Å². The first kappa shape index (κ1) is 21.1. The van der Waals surface area contributed by atoms with Gasteiger partial charge in [0.25, 0.3) is 0 Å². The van der Waals surface area contributed by atoms with Crippen molar-refractivity contribution in [2.45, 2.75) is 18.9 Å². The summed E-state index contributed by atoms with van der Waals surface area (Å²) >= 11 is 0. The predicted octanol–water partition coefficient (Wildman–Crippen LogP) is 3.19. The number of nitrogens with two attached hydrogens (primary N) is 1. The van der Waals surface area contributed by atoms with E-state index in [2.05, 4.69) is 37.3 Å². The van der Waals surface area contributed by atoms with Gasteiger partial charge in [0.15, 0.2) is 5.82 Å². The summed E-state index contributed by atoms with van der Waals surface area (Å²) in [5.74, 6) is 1.65. The Morgan fingerprint density at radius 2 is 1.91 bits per heavy atom. The van der Waals surface area contributed by atoms with Gasteiger partial charge in [0.05, 0.1) is 19.0 Å².